The molecule has 0 N–H and O–H groups in total. The van der Waals surface area contributed by atoms with Crippen LogP contribution in [-0.2, 0) is 6.61 Å². The molecule has 0 atom stereocenters. The molecule has 19 heavy (non-hydrogen) atoms. The first-order chi connectivity index (χ1) is 9.10. The van der Waals surface area contributed by atoms with Gasteiger partial charge >= 0.3 is 0 Å². The lowest BCUT2D eigenvalue weighted by Gasteiger charge is -2.09. The average Bonchev–Trinajstić information content (AvgIpc) is 2.41. The first kappa shape index (κ1) is 13.2. The first-order valence-electron chi connectivity index (χ1n) is 5.72. The van der Waals surface area contributed by atoms with Crippen LogP contribution in [0.3, 0.4) is 0 Å². The fraction of sp³-hybridized carbons (Fsp3) is 0.133. The Bertz CT molecular complexity index is 609. The molecular weight excluding hydrogens is 250 g/mol. The predicted octanol–water partition coefficient (Wildman–Crippen LogP) is 3.66. The van der Waals surface area contributed by atoms with Crippen molar-refractivity contribution >= 4 is 6.29 Å². The number of halogens is 2. The second-order valence-electron chi connectivity index (χ2n) is 4.20. The van der Waals surface area contributed by atoms with Gasteiger partial charge in [0, 0.05) is 0 Å². The highest BCUT2D eigenvalue weighted by atomic mass is 19.2. The van der Waals surface area contributed by atoms with Crippen LogP contribution in [0, 0.1) is 18.6 Å². The van der Waals surface area contributed by atoms with Crippen LogP contribution in [0.2, 0.25) is 0 Å². The largest absolute Gasteiger partial charge is 0.488 e. The second kappa shape index (κ2) is 5.61. The minimum atomic E-state index is -0.916. The summed E-state index contributed by atoms with van der Waals surface area (Å²) in [6, 6.07) is 8.75. The highest BCUT2D eigenvalue weighted by Crippen LogP contribution is 2.20. The van der Waals surface area contributed by atoms with Crippen molar-refractivity contribution in [2.75, 3.05) is 0 Å². The topological polar surface area (TPSA) is 26.3 Å². The molecule has 2 nitrogen and oxygen atoms in total. The zero-order valence-corrected chi connectivity index (χ0v) is 10.3. The number of hydrogen-bond donors (Lipinski definition) is 0. The molecule has 4 heteroatoms. The van der Waals surface area contributed by atoms with Crippen LogP contribution >= 0.6 is 0 Å². The summed E-state index contributed by atoms with van der Waals surface area (Å²) in [7, 11) is 0. The van der Waals surface area contributed by atoms with Crippen LogP contribution < -0.4 is 4.74 Å². The summed E-state index contributed by atoms with van der Waals surface area (Å²) in [4.78, 5) is 10.9. The predicted molar refractivity (Wildman–Crippen MR) is 67.3 cm³/mol. The highest BCUT2D eigenvalue weighted by Gasteiger charge is 2.06. The molecule has 2 aromatic rings. The summed E-state index contributed by atoms with van der Waals surface area (Å²) in [5, 5.41) is 0. The Hall–Kier alpha value is -2.23. The van der Waals surface area contributed by atoms with Crippen molar-refractivity contribution in [3.8, 4) is 5.75 Å². The van der Waals surface area contributed by atoms with E-state index in [-0.39, 0.29) is 6.61 Å². The fourth-order valence-corrected chi connectivity index (χ4v) is 1.68. The Kier molecular flexibility index (Phi) is 3.90. The van der Waals surface area contributed by atoms with Crippen molar-refractivity contribution in [2.45, 2.75) is 13.5 Å². The minimum Gasteiger partial charge on any atom is -0.488 e. The van der Waals surface area contributed by atoms with Gasteiger partial charge in [0.1, 0.15) is 12.4 Å². The van der Waals surface area contributed by atoms with Gasteiger partial charge in [0.25, 0.3) is 0 Å². The lowest BCUT2D eigenvalue weighted by atomic mass is 10.1. The molecule has 98 valence electrons. The number of hydrogen-bond acceptors (Lipinski definition) is 2. The van der Waals surface area contributed by atoms with Crippen molar-refractivity contribution < 1.29 is 18.3 Å². The standard InChI is InChI=1S/C15H12F2O2/c1-10-2-5-15(12(6-10)8-18)19-9-11-3-4-13(16)14(17)7-11/h2-8H,9H2,1H3. The van der Waals surface area contributed by atoms with E-state index in [2.05, 4.69) is 0 Å². The maximum atomic E-state index is 13.0. The van der Waals surface area contributed by atoms with Crippen molar-refractivity contribution in [3.05, 3.63) is 64.7 Å². The van der Waals surface area contributed by atoms with E-state index in [1.807, 2.05) is 13.0 Å². The molecule has 0 aromatic heterocycles. The average molecular weight is 262 g/mol. The molecule has 0 unspecified atom stereocenters. The number of ether oxygens (including phenoxy) is 1. The molecule has 2 aromatic carbocycles. The molecule has 0 amide bonds. The van der Waals surface area contributed by atoms with Gasteiger partial charge in [-0.1, -0.05) is 17.7 Å². The lowest BCUT2D eigenvalue weighted by Crippen LogP contribution is -1.99. The van der Waals surface area contributed by atoms with Crippen LogP contribution in [0.1, 0.15) is 21.5 Å². The van der Waals surface area contributed by atoms with Crippen molar-refractivity contribution in [2.24, 2.45) is 0 Å². The Balaban J connectivity index is 2.14. The molecule has 2 rings (SSSR count). The van der Waals surface area contributed by atoms with Gasteiger partial charge in [-0.3, -0.25) is 4.79 Å². The van der Waals surface area contributed by atoms with Crippen molar-refractivity contribution in [3.63, 3.8) is 0 Å². The molecule has 0 aliphatic rings. The van der Waals surface area contributed by atoms with E-state index in [0.717, 1.165) is 17.7 Å². The van der Waals surface area contributed by atoms with Gasteiger partial charge in [-0.2, -0.15) is 0 Å². The molecule has 0 saturated heterocycles. The zero-order valence-electron chi connectivity index (χ0n) is 10.3. The van der Waals surface area contributed by atoms with E-state index in [4.69, 9.17) is 4.74 Å². The van der Waals surface area contributed by atoms with E-state index in [0.29, 0.717) is 23.2 Å². The zero-order chi connectivity index (χ0) is 13.8. The van der Waals surface area contributed by atoms with Crippen LogP contribution in [0.5, 0.6) is 5.75 Å². The van der Waals surface area contributed by atoms with Gasteiger partial charge < -0.3 is 4.74 Å². The molecule has 0 bridgehead atoms. The Morgan fingerprint density at radius 2 is 1.89 bits per heavy atom. The number of carbonyl (C=O) groups excluding carboxylic acids is 1. The molecule has 0 heterocycles. The van der Waals surface area contributed by atoms with Gasteiger partial charge in [0.2, 0.25) is 0 Å². The summed E-state index contributed by atoms with van der Waals surface area (Å²) < 4.78 is 31.2. The minimum absolute atomic E-state index is 0.0705. The fourth-order valence-electron chi connectivity index (χ4n) is 1.68. The van der Waals surface area contributed by atoms with Gasteiger partial charge in [-0.05, 0) is 36.8 Å². The number of rotatable bonds is 4. The van der Waals surface area contributed by atoms with Gasteiger partial charge in [-0.25, -0.2) is 8.78 Å². The van der Waals surface area contributed by atoms with Crippen LogP contribution in [0.15, 0.2) is 36.4 Å². The molecule has 0 saturated carbocycles. The number of benzene rings is 2. The summed E-state index contributed by atoms with van der Waals surface area (Å²) in [6.07, 6.45) is 0.702. The lowest BCUT2D eigenvalue weighted by molar-refractivity contribution is 0.111. The monoisotopic (exact) mass is 262 g/mol. The number of aryl methyl sites for hydroxylation is 1. The maximum Gasteiger partial charge on any atom is 0.159 e. The van der Waals surface area contributed by atoms with E-state index in [1.54, 1.807) is 12.1 Å². The summed E-state index contributed by atoms with van der Waals surface area (Å²) in [5.41, 5.74) is 1.88. The third-order valence-electron chi connectivity index (χ3n) is 2.67. The Labute approximate surface area is 109 Å². The Morgan fingerprint density at radius 3 is 2.58 bits per heavy atom. The summed E-state index contributed by atoms with van der Waals surface area (Å²) in [5.74, 6) is -1.39. The Morgan fingerprint density at radius 1 is 1.11 bits per heavy atom. The second-order valence-corrected chi connectivity index (χ2v) is 4.20. The quantitative estimate of drug-likeness (QED) is 0.786. The molecule has 0 fully saturated rings. The first-order valence-corrected chi connectivity index (χ1v) is 5.72. The molecule has 0 aliphatic carbocycles. The third kappa shape index (κ3) is 3.16. The van der Waals surface area contributed by atoms with Gasteiger partial charge in [-0.15, -0.1) is 0 Å². The van der Waals surface area contributed by atoms with Crippen molar-refractivity contribution in [1.82, 2.24) is 0 Å². The third-order valence-corrected chi connectivity index (χ3v) is 2.67. The summed E-state index contributed by atoms with van der Waals surface area (Å²) in [6.45, 7) is 1.94. The molecular formula is C15H12F2O2. The van der Waals surface area contributed by atoms with E-state index in [9.17, 15) is 13.6 Å². The number of aldehydes is 1. The van der Waals surface area contributed by atoms with Gasteiger partial charge in [0.05, 0.1) is 5.56 Å². The highest BCUT2D eigenvalue weighted by molar-refractivity contribution is 5.79. The van der Waals surface area contributed by atoms with Gasteiger partial charge in [0.15, 0.2) is 17.9 Å². The van der Waals surface area contributed by atoms with Crippen LogP contribution in [0.4, 0.5) is 8.78 Å². The smallest absolute Gasteiger partial charge is 0.159 e. The molecule has 0 aliphatic heterocycles. The van der Waals surface area contributed by atoms with Crippen LogP contribution in [-0.4, -0.2) is 6.29 Å². The van der Waals surface area contributed by atoms with E-state index in [1.165, 1.54) is 6.07 Å². The maximum absolute atomic E-state index is 13.0. The molecule has 0 radical (unpaired) electrons. The van der Waals surface area contributed by atoms with E-state index >= 15 is 0 Å². The SMILES string of the molecule is Cc1ccc(OCc2ccc(F)c(F)c2)c(C=O)c1. The summed E-state index contributed by atoms with van der Waals surface area (Å²) >= 11 is 0. The van der Waals surface area contributed by atoms with Crippen molar-refractivity contribution in [1.29, 1.82) is 0 Å². The van der Waals surface area contributed by atoms with Crippen LogP contribution in [0.25, 0.3) is 0 Å². The van der Waals surface area contributed by atoms with E-state index < -0.39 is 11.6 Å². The number of carbonyl (C=O) groups is 1. The molecule has 0 spiro atoms. The normalized spacial score (nSPS) is 10.3.